The van der Waals surface area contributed by atoms with Gasteiger partial charge in [0.15, 0.2) is 5.78 Å². The molecule has 0 radical (unpaired) electrons. The Morgan fingerprint density at radius 3 is 2.72 bits per heavy atom. The van der Waals surface area contributed by atoms with Gasteiger partial charge < -0.3 is 10.1 Å². The summed E-state index contributed by atoms with van der Waals surface area (Å²) in [5, 5.41) is 2.78. The molecule has 0 aliphatic rings. The first kappa shape index (κ1) is 14.4. The zero-order valence-corrected chi connectivity index (χ0v) is 11.0. The lowest BCUT2D eigenvalue weighted by Gasteiger charge is -2.10. The molecule has 0 saturated heterocycles. The molecule has 0 saturated carbocycles. The van der Waals surface area contributed by atoms with Crippen LogP contribution < -0.4 is 5.32 Å². The van der Waals surface area contributed by atoms with Gasteiger partial charge in [-0.2, -0.15) is 0 Å². The van der Waals surface area contributed by atoms with Gasteiger partial charge in [-0.15, -0.1) is 0 Å². The average Bonchev–Trinajstić information content (AvgIpc) is 2.29. The Labute approximate surface area is 107 Å². The largest absolute Gasteiger partial charge is 0.384 e. The number of hydrogen-bond donors (Lipinski definition) is 1. The van der Waals surface area contributed by atoms with Crippen LogP contribution in [-0.2, 0) is 9.53 Å². The Morgan fingerprint density at radius 2 is 2.11 bits per heavy atom. The van der Waals surface area contributed by atoms with Gasteiger partial charge in [0.1, 0.15) is 0 Å². The smallest absolute Gasteiger partial charge is 0.224 e. The molecule has 0 aliphatic heterocycles. The molecule has 1 N–H and O–H groups in total. The van der Waals surface area contributed by atoms with Crippen LogP contribution in [0, 0.1) is 5.92 Å². The normalized spacial score (nSPS) is 11.9. The molecule has 4 nitrogen and oxygen atoms in total. The third kappa shape index (κ3) is 4.67. The van der Waals surface area contributed by atoms with Crippen molar-refractivity contribution in [2.24, 2.45) is 5.92 Å². The van der Waals surface area contributed by atoms with Gasteiger partial charge in [0.05, 0.1) is 0 Å². The minimum atomic E-state index is -0.0692. The Kier molecular flexibility index (Phi) is 5.52. The number of carbonyl (C=O) groups excluding carboxylic acids is 2. The van der Waals surface area contributed by atoms with E-state index in [0.29, 0.717) is 24.3 Å². The van der Waals surface area contributed by atoms with E-state index >= 15 is 0 Å². The van der Waals surface area contributed by atoms with E-state index < -0.39 is 0 Å². The van der Waals surface area contributed by atoms with Gasteiger partial charge in [-0.05, 0) is 25.0 Å². The highest BCUT2D eigenvalue weighted by atomic mass is 16.5. The first-order valence-corrected chi connectivity index (χ1v) is 5.92. The molecule has 1 aromatic rings. The number of anilines is 1. The lowest BCUT2D eigenvalue weighted by atomic mass is 10.1. The summed E-state index contributed by atoms with van der Waals surface area (Å²) in [6.45, 7) is 4.01. The summed E-state index contributed by atoms with van der Waals surface area (Å²) < 4.78 is 4.98. The topological polar surface area (TPSA) is 55.4 Å². The zero-order valence-electron chi connectivity index (χ0n) is 11.0. The quantitative estimate of drug-likeness (QED) is 0.788. The van der Waals surface area contributed by atoms with Crippen LogP contribution in [0.5, 0.6) is 0 Å². The van der Waals surface area contributed by atoms with E-state index in [-0.39, 0.29) is 17.6 Å². The number of Topliss-reactive ketones (excluding diaryl/α,β-unsaturated/α-hetero) is 1. The van der Waals surface area contributed by atoms with Gasteiger partial charge in [-0.25, -0.2) is 0 Å². The standard InChI is InChI=1S/C14H19NO3/c1-10(9-18-3)7-14(17)15-13-6-4-5-12(8-13)11(2)16/h4-6,8,10H,7,9H2,1-3H3,(H,15,17). The predicted molar refractivity (Wildman–Crippen MR) is 70.7 cm³/mol. The van der Waals surface area contributed by atoms with E-state index in [9.17, 15) is 9.59 Å². The Bertz CT molecular complexity index is 429. The third-order valence-electron chi connectivity index (χ3n) is 2.54. The van der Waals surface area contributed by atoms with Gasteiger partial charge in [0.2, 0.25) is 5.91 Å². The fraction of sp³-hybridized carbons (Fsp3) is 0.429. The summed E-state index contributed by atoms with van der Waals surface area (Å²) in [5.41, 5.74) is 1.25. The van der Waals surface area contributed by atoms with Crippen LogP contribution in [0.15, 0.2) is 24.3 Å². The minimum Gasteiger partial charge on any atom is -0.384 e. The first-order chi connectivity index (χ1) is 8.52. The predicted octanol–water partition coefficient (Wildman–Crippen LogP) is 2.50. The Morgan fingerprint density at radius 1 is 1.39 bits per heavy atom. The second-order valence-corrected chi connectivity index (χ2v) is 4.45. The Hall–Kier alpha value is -1.68. The lowest BCUT2D eigenvalue weighted by Crippen LogP contribution is -2.17. The molecule has 18 heavy (non-hydrogen) atoms. The molecule has 0 spiro atoms. The van der Waals surface area contributed by atoms with Crippen molar-refractivity contribution in [2.45, 2.75) is 20.3 Å². The number of amides is 1. The van der Waals surface area contributed by atoms with Crippen molar-refractivity contribution in [3.05, 3.63) is 29.8 Å². The second kappa shape index (κ2) is 6.91. The van der Waals surface area contributed by atoms with Crippen LogP contribution in [0.3, 0.4) is 0 Å². The number of hydrogen-bond acceptors (Lipinski definition) is 3. The highest BCUT2D eigenvalue weighted by molar-refractivity contribution is 5.97. The number of ketones is 1. The van der Waals surface area contributed by atoms with Gasteiger partial charge in [0, 0.05) is 31.4 Å². The summed E-state index contributed by atoms with van der Waals surface area (Å²) in [5.74, 6) is 0.0880. The van der Waals surface area contributed by atoms with Crippen molar-refractivity contribution >= 4 is 17.4 Å². The summed E-state index contributed by atoms with van der Waals surface area (Å²) in [6.07, 6.45) is 0.401. The molecule has 0 aromatic heterocycles. The fourth-order valence-corrected chi connectivity index (χ4v) is 1.69. The van der Waals surface area contributed by atoms with E-state index in [4.69, 9.17) is 4.74 Å². The molecule has 0 bridgehead atoms. The maximum absolute atomic E-state index is 11.7. The lowest BCUT2D eigenvalue weighted by molar-refractivity contribution is -0.117. The maximum atomic E-state index is 11.7. The van der Waals surface area contributed by atoms with Crippen LogP contribution in [-0.4, -0.2) is 25.4 Å². The highest BCUT2D eigenvalue weighted by Crippen LogP contribution is 2.12. The number of carbonyl (C=O) groups is 2. The van der Waals surface area contributed by atoms with Crippen LogP contribution in [0.4, 0.5) is 5.69 Å². The molecule has 1 unspecified atom stereocenters. The number of rotatable bonds is 6. The monoisotopic (exact) mass is 249 g/mol. The molecular weight excluding hydrogens is 230 g/mol. The number of benzene rings is 1. The molecule has 1 amide bonds. The zero-order chi connectivity index (χ0) is 13.5. The summed E-state index contributed by atoms with van der Waals surface area (Å²) in [4.78, 5) is 22.9. The average molecular weight is 249 g/mol. The van der Waals surface area contributed by atoms with E-state index in [2.05, 4.69) is 5.32 Å². The van der Waals surface area contributed by atoms with Crippen LogP contribution >= 0.6 is 0 Å². The Balaban J connectivity index is 2.59. The van der Waals surface area contributed by atoms with Crippen LogP contribution in [0.25, 0.3) is 0 Å². The fourth-order valence-electron chi connectivity index (χ4n) is 1.69. The van der Waals surface area contributed by atoms with E-state index in [1.54, 1.807) is 31.4 Å². The van der Waals surface area contributed by atoms with Crippen LogP contribution in [0.1, 0.15) is 30.6 Å². The minimum absolute atomic E-state index is 0.0150. The van der Waals surface area contributed by atoms with E-state index in [1.807, 2.05) is 6.92 Å². The van der Waals surface area contributed by atoms with E-state index in [0.717, 1.165) is 0 Å². The van der Waals surface area contributed by atoms with Crippen molar-refractivity contribution < 1.29 is 14.3 Å². The highest BCUT2D eigenvalue weighted by Gasteiger charge is 2.09. The summed E-state index contributed by atoms with van der Waals surface area (Å²) >= 11 is 0. The van der Waals surface area contributed by atoms with Crippen molar-refractivity contribution in [3.63, 3.8) is 0 Å². The molecule has 1 rings (SSSR count). The third-order valence-corrected chi connectivity index (χ3v) is 2.54. The van der Waals surface area contributed by atoms with Crippen molar-refractivity contribution in [2.75, 3.05) is 19.0 Å². The second-order valence-electron chi connectivity index (χ2n) is 4.45. The molecule has 0 aliphatic carbocycles. The van der Waals surface area contributed by atoms with Crippen LogP contribution in [0.2, 0.25) is 0 Å². The van der Waals surface area contributed by atoms with Gasteiger partial charge in [0.25, 0.3) is 0 Å². The molecule has 0 heterocycles. The molecule has 1 aromatic carbocycles. The van der Waals surface area contributed by atoms with Gasteiger partial charge in [-0.1, -0.05) is 19.1 Å². The van der Waals surface area contributed by atoms with Crippen molar-refractivity contribution in [1.82, 2.24) is 0 Å². The molecule has 98 valence electrons. The molecule has 0 fully saturated rings. The maximum Gasteiger partial charge on any atom is 0.224 e. The summed E-state index contributed by atoms with van der Waals surface area (Å²) in [7, 11) is 1.62. The number of nitrogens with one attached hydrogen (secondary N) is 1. The SMILES string of the molecule is COCC(C)CC(=O)Nc1cccc(C(C)=O)c1. The van der Waals surface area contributed by atoms with E-state index in [1.165, 1.54) is 6.92 Å². The van der Waals surface area contributed by atoms with Crippen molar-refractivity contribution in [3.8, 4) is 0 Å². The number of ether oxygens (including phenoxy) is 1. The van der Waals surface area contributed by atoms with Gasteiger partial charge >= 0.3 is 0 Å². The summed E-state index contributed by atoms with van der Waals surface area (Å²) in [6, 6.07) is 6.93. The number of methoxy groups -OCH3 is 1. The van der Waals surface area contributed by atoms with Gasteiger partial charge in [-0.3, -0.25) is 9.59 Å². The van der Waals surface area contributed by atoms with Crippen molar-refractivity contribution in [1.29, 1.82) is 0 Å². The molecule has 4 heteroatoms. The molecular formula is C14H19NO3. The molecule has 1 atom stereocenters. The first-order valence-electron chi connectivity index (χ1n) is 5.92.